The van der Waals surface area contributed by atoms with E-state index in [0.717, 1.165) is 36.6 Å². The minimum atomic E-state index is -4.51. The van der Waals surface area contributed by atoms with Gasteiger partial charge < -0.3 is 16.0 Å². The molecule has 7 nitrogen and oxygen atoms in total. The highest BCUT2D eigenvalue weighted by Gasteiger charge is 2.23. The number of hydrogen-bond donors (Lipinski definition) is 4. The van der Waals surface area contributed by atoms with Gasteiger partial charge in [-0.1, -0.05) is 35.9 Å². The molecule has 178 valence electrons. The van der Waals surface area contributed by atoms with Crippen molar-refractivity contribution < 1.29 is 21.6 Å². The minimum Gasteiger partial charge on any atom is -0.383 e. The second-order valence-electron chi connectivity index (χ2n) is 6.77. The molecule has 0 atom stereocenters. The van der Waals surface area contributed by atoms with E-state index in [9.17, 15) is 21.6 Å². The van der Waals surface area contributed by atoms with Crippen LogP contribution in [0.2, 0.25) is 5.02 Å². The van der Waals surface area contributed by atoms with E-state index in [1.807, 2.05) is 11.6 Å². The Morgan fingerprint density at radius 1 is 1.03 bits per heavy atom. The topological polar surface area (TPSA) is 95.1 Å². The maximum atomic E-state index is 14.6. The Bertz CT molecular complexity index is 1220. The van der Waals surface area contributed by atoms with Crippen molar-refractivity contribution in [3.8, 4) is 0 Å². The summed E-state index contributed by atoms with van der Waals surface area (Å²) in [5, 5.41) is 8.68. The van der Waals surface area contributed by atoms with E-state index in [1.165, 1.54) is 0 Å². The standard InChI is InChI=1S/C20H21ClF3N5O2S2/c1-2-25-5-6-26-16-7-13(21)4-3-12(16)10-27-17-8-15(23)18(9-14(17)22)33(30,31)29-20-28-11-19(24)32-20/h3-4,7-9,11,25-27H,2,5-6,10H2,1H3,(H,28,29). The summed E-state index contributed by atoms with van der Waals surface area (Å²) in [6.45, 7) is 4.31. The molecule has 0 fully saturated rings. The number of sulfonamides is 1. The van der Waals surface area contributed by atoms with Gasteiger partial charge in [0.2, 0.25) is 0 Å². The lowest BCUT2D eigenvalue weighted by molar-refractivity contribution is 0.557. The van der Waals surface area contributed by atoms with E-state index in [2.05, 4.69) is 20.9 Å². The lowest BCUT2D eigenvalue weighted by Crippen LogP contribution is -2.22. The fourth-order valence-electron chi connectivity index (χ4n) is 2.86. The molecule has 0 saturated heterocycles. The van der Waals surface area contributed by atoms with Crippen molar-refractivity contribution in [2.24, 2.45) is 0 Å². The van der Waals surface area contributed by atoms with Gasteiger partial charge in [0.25, 0.3) is 10.0 Å². The monoisotopic (exact) mass is 519 g/mol. The Hall–Kier alpha value is -2.54. The molecule has 33 heavy (non-hydrogen) atoms. The molecule has 0 amide bonds. The average molecular weight is 520 g/mol. The van der Waals surface area contributed by atoms with E-state index in [1.54, 1.807) is 18.2 Å². The summed E-state index contributed by atoms with van der Waals surface area (Å²) >= 11 is 6.49. The molecule has 0 spiro atoms. The maximum absolute atomic E-state index is 14.6. The van der Waals surface area contributed by atoms with Crippen LogP contribution in [0.5, 0.6) is 0 Å². The zero-order valence-corrected chi connectivity index (χ0v) is 19.8. The van der Waals surface area contributed by atoms with Crippen molar-refractivity contribution >= 4 is 49.5 Å². The normalized spacial score (nSPS) is 11.4. The molecule has 3 rings (SSSR count). The lowest BCUT2D eigenvalue weighted by atomic mass is 10.1. The van der Waals surface area contributed by atoms with Crippen molar-refractivity contribution in [3.63, 3.8) is 0 Å². The van der Waals surface area contributed by atoms with Gasteiger partial charge in [-0.3, -0.25) is 4.72 Å². The van der Waals surface area contributed by atoms with E-state index < -0.39 is 31.7 Å². The van der Waals surface area contributed by atoms with E-state index >= 15 is 0 Å². The Balaban J connectivity index is 1.75. The van der Waals surface area contributed by atoms with Gasteiger partial charge in [-0.15, -0.1) is 0 Å². The summed E-state index contributed by atoms with van der Waals surface area (Å²) in [6.07, 6.45) is 0.812. The number of likely N-dealkylation sites (N-methyl/N-ethyl adjacent to an activating group) is 1. The maximum Gasteiger partial charge on any atom is 0.266 e. The first-order chi connectivity index (χ1) is 15.7. The average Bonchev–Trinajstić information content (AvgIpc) is 3.16. The fraction of sp³-hybridized carbons (Fsp3) is 0.250. The van der Waals surface area contributed by atoms with Crippen LogP contribution in [0.4, 0.5) is 29.7 Å². The van der Waals surface area contributed by atoms with Gasteiger partial charge in [0.1, 0.15) is 16.5 Å². The molecule has 0 saturated carbocycles. The summed E-state index contributed by atoms with van der Waals surface area (Å²) in [5.41, 5.74) is 1.26. The molecule has 2 aromatic carbocycles. The smallest absolute Gasteiger partial charge is 0.266 e. The van der Waals surface area contributed by atoms with Crippen molar-refractivity contribution in [2.45, 2.75) is 18.4 Å². The van der Waals surface area contributed by atoms with Crippen LogP contribution in [0.25, 0.3) is 0 Å². The summed E-state index contributed by atoms with van der Waals surface area (Å²) in [6, 6.07) is 6.45. The van der Waals surface area contributed by atoms with Crippen molar-refractivity contribution in [1.82, 2.24) is 10.3 Å². The lowest BCUT2D eigenvalue weighted by Gasteiger charge is -2.15. The number of thiazole rings is 1. The van der Waals surface area contributed by atoms with Crippen molar-refractivity contribution in [2.75, 3.05) is 35.0 Å². The number of rotatable bonds is 11. The highest BCUT2D eigenvalue weighted by Crippen LogP contribution is 2.27. The van der Waals surface area contributed by atoms with Crippen molar-refractivity contribution in [1.29, 1.82) is 0 Å². The third kappa shape index (κ3) is 6.73. The molecule has 0 bridgehead atoms. The first-order valence-electron chi connectivity index (χ1n) is 9.79. The molecule has 0 aliphatic carbocycles. The first kappa shape index (κ1) is 25.1. The highest BCUT2D eigenvalue weighted by atomic mass is 35.5. The molecular weight excluding hydrogens is 499 g/mol. The quantitative estimate of drug-likeness (QED) is 0.276. The number of anilines is 3. The first-order valence-corrected chi connectivity index (χ1v) is 12.5. The van der Waals surface area contributed by atoms with Crippen LogP contribution in [-0.4, -0.2) is 33.0 Å². The zero-order valence-electron chi connectivity index (χ0n) is 17.4. The van der Waals surface area contributed by atoms with Gasteiger partial charge in [0, 0.05) is 36.4 Å². The molecule has 13 heteroatoms. The second kappa shape index (κ2) is 11.1. The van der Waals surface area contributed by atoms with Gasteiger partial charge in [0.15, 0.2) is 10.3 Å². The molecule has 0 radical (unpaired) electrons. The van der Waals surface area contributed by atoms with Crippen LogP contribution in [0, 0.1) is 16.8 Å². The Labute approximate surface area is 198 Å². The van der Waals surface area contributed by atoms with Gasteiger partial charge in [-0.25, -0.2) is 22.2 Å². The molecule has 4 N–H and O–H groups in total. The number of nitrogens with zero attached hydrogens (tertiary/aromatic N) is 1. The molecule has 0 aliphatic rings. The molecule has 1 heterocycles. The molecule has 1 aromatic heterocycles. The zero-order chi connectivity index (χ0) is 24.0. The van der Waals surface area contributed by atoms with Gasteiger partial charge in [-0.05, 0) is 30.3 Å². The highest BCUT2D eigenvalue weighted by molar-refractivity contribution is 7.93. The number of hydrogen-bond acceptors (Lipinski definition) is 7. The van der Waals surface area contributed by atoms with E-state index in [0.29, 0.717) is 29.0 Å². The Morgan fingerprint density at radius 3 is 2.52 bits per heavy atom. The number of halogens is 4. The third-order valence-corrected chi connectivity index (χ3v) is 6.84. The second-order valence-corrected chi connectivity index (χ2v) is 9.84. The third-order valence-electron chi connectivity index (χ3n) is 4.42. The molecule has 3 aromatic rings. The summed E-state index contributed by atoms with van der Waals surface area (Å²) in [5.74, 6) is -2.15. The number of aromatic nitrogens is 1. The van der Waals surface area contributed by atoms with Crippen LogP contribution >= 0.6 is 22.9 Å². The predicted octanol–water partition coefficient (Wildman–Crippen LogP) is 4.65. The molecule has 0 unspecified atom stereocenters. The van der Waals surface area contributed by atoms with Crippen LogP contribution < -0.4 is 20.7 Å². The fourth-order valence-corrected chi connectivity index (χ4v) is 4.89. The molecule has 0 aliphatic heterocycles. The summed E-state index contributed by atoms with van der Waals surface area (Å²) < 4.78 is 68.9. The van der Waals surface area contributed by atoms with Crippen LogP contribution in [0.3, 0.4) is 0 Å². The van der Waals surface area contributed by atoms with Crippen LogP contribution in [-0.2, 0) is 16.6 Å². The molecular formula is C20H21ClF3N5O2S2. The predicted molar refractivity (Wildman–Crippen MR) is 125 cm³/mol. The summed E-state index contributed by atoms with van der Waals surface area (Å²) in [7, 11) is -4.51. The minimum absolute atomic E-state index is 0.125. The van der Waals surface area contributed by atoms with Gasteiger partial charge >= 0.3 is 0 Å². The van der Waals surface area contributed by atoms with Crippen LogP contribution in [0.1, 0.15) is 12.5 Å². The van der Waals surface area contributed by atoms with Gasteiger partial charge in [0.05, 0.1) is 11.9 Å². The van der Waals surface area contributed by atoms with E-state index in [4.69, 9.17) is 11.6 Å². The van der Waals surface area contributed by atoms with E-state index in [-0.39, 0.29) is 17.4 Å². The van der Waals surface area contributed by atoms with Crippen LogP contribution in [0.15, 0.2) is 41.4 Å². The largest absolute Gasteiger partial charge is 0.383 e. The van der Waals surface area contributed by atoms with Gasteiger partial charge in [-0.2, -0.15) is 4.39 Å². The Kier molecular flexibility index (Phi) is 8.40. The Morgan fingerprint density at radius 2 is 1.82 bits per heavy atom. The SMILES string of the molecule is CCNCCNc1cc(Cl)ccc1CNc1cc(F)c(S(=O)(=O)Nc2ncc(F)s2)cc1F. The number of nitrogens with one attached hydrogen (secondary N) is 4. The summed E-state index contributed by atoms with van der Waals surface area (Å²) in [4.78, 5) is 2.59. The van der Waals surface area contributed by atoms with Crippen molar-refractivity contribution in [3.05, 3.63) is 63.9 Å². The number of benzene rings is 2.